The Morgan fingerprint density at radius 2 is 1.96 bits per heavy atom. The van der Waals surface area contributed by atoms with Gasteiger partial charge < -0.3 is 9.84 Å². The zero-order valence-electron chi connectivity index (χ0n) is 16.2. The highest BCUT2D eigenvalue weighted by atomic mass is 16.5. The number of Topliss-reactive ketones (excluding diaryl/α,β-unsaturated/α-hetero) is 1. The Morgan fingerprint density at radius 1 is 1.28 bits per heavy atom. The van der Waals surface area contributed by atoms with Gasteiger partial charge in [0, 0.05) is 13.5 Å². The van der Waals surface area contributed by atoms with Gasteiger partial charge in [0.15, 0.2) is 5.78 Å². The van der Waals surface area contributed by atoms with Crippen LogP contribution in [0, 0.1) is 28.6 Å². The first-order valence-corrected chi connectivity index (χ1v) is 9.65. The van der Waals surface area contributed by atoms with Gasteiger partial charge in [-0.3, -0.25) is 9.59 Å². The first kappa shape index (κ1) is 18.6. The van der Waals surface area contributed by atoms with E-state index in [1.807, 2.05) is 6.92 Å². The summed E-state index contributed by atoms with van der Waals surface area (Å²) in [7, 11) is 1.73. The minimum Gasteiger partial charge on any atom is -0.481 e. The van der Waals surface area contributed by atoms with Crippen LogP contribution in [0.1, 0.15) is 66.2 Å². The molecule has 0 aliphatic heterocycles. The lowest BCUT2D eigenvalue weighted by Gasteiger charge is -2.58. The molecule has 0 spiro atoms. The number of carboxylic acid groups (broad SMARTS) is 1. The molecule has 0 saturated heterocycles. The molecule has 2 fully saturated rings. The number of carboxylic acids is 1. The summed E-state index contributed by atoms with van der Waals surface area (Å²) in [5.74, 6) is -0.203. The van der Waals surface area contributed by atoms with Crippen LogP contribution in [0.3, 0.4) is 0 Å². The summed E-state index contributed by atoms with van der Waals surface area (Å²) < 4.78 is 5.86. The maximum atomic E-state index is 13.0. The van der Waals surface area contributed by atoms with Crippen molar-refractivity contribution in [3.05, 3.63) is 11.6 Å². The van der Waals surface area contributed by atoms with Gasteiger partial charge in [-0.2, -0.15) is 0 Å². The molecule has 2 saturated carbocycles. The third-order valence-corrected chi connectivity index (χ3v) is 7.93. The maximum absolute atomic E-state index is 13.0. The van der Waals surface area contributed by atoms with Crippen LogP contribution in [0.15, 0.2) is 11.6 Å². The first-order chi connectivity index (χ1) is 11.6. The van der Waals surface area contributed by atoms with Gasteiger partial charge in [0.1, 0.15) is 0 Å². The van der Waals surface area contributed by atoms with Gasteiger partial charge in [-0.1, -0.05) is 27.2 Å². The topological polar surface area (TPSA) is 63.6 Å². The molecule has 140 valence electrons. The fourth-order valence-corrected chi connectivity index (χ4v) is 6.12. The highest BCUT2D eigenvalue weighted by molar-refractivity contribution is 5.98. The van der Waals surface area contributed by atoms with E-state index in [0.717, 1.165) is 31.3 Å². The second-order valence-electron chi connectivity index (χ2n) is 9.27. The predicted molar refractivity (Wildman–Crippen MR) is 96.2 cm³/mol. The van der Waals surface area contributed by atoms with Crippen molar-refractivity contribution in [3.8, 4) is 0 Å². The van der Waals surface area contributed by atoms with E-state index in [9.17, 15) is 14.7 Å². The van der Waals surface area contributed by atoms with Gasteiger partial charge in [0.2, 0.25) is 0 Å². The Balaban J connectivity index is 2.06. The van der Waals surface area contributed by atoms with Crippen molar-refractivity contribution in [2.75, 3.05) is 7.11 Å². The summed E-state index contributed by atoms with van der Waals surface area (Å²) in [5, 5.41) is 9.88. The summed E-state index contributed by atoms with van der Waals surface area (Å²) >= 11 is 0. The van der Waals surface area contributed by atoms with E-state index < -0.39 is 11.4 Å². The summed E-state index contributed by atoms with van der Waals surface area (Å²) in [5.41, 5.74) is -0.352. The van der Waals surface area contributed by atoms with Crippen LogP contribution in [0.5, 0.6) is 0 Å². The van der Waals surface area contributed by atoms with Crippen molar-refractivity contribution in [1.29, 1.82) is 0 Å². The Morgan fingerprint density at radius 3 is 2.52 bits per heavy atom. The van der Waals surface area contributed by atoms with Gasteiger partial charge in [0.05, 0.1) is 11.0 Å². The quantitative estimate of drug-likeness (QED) is 0.829. The molecule has 0 bridgehead atoms. The molecule has 4 nitrogen and oxygen atoms in total. The van der Waals surface area contributed by atoms with Gasteiger partial charge in [-0.15, -0.1) is 0 Å². The first-order valence-electron chi connectivity index (χ1n) is 9.65. The number of carbonyl (C=O) groups excluding carboxylic acids is 1. The number of aliphatic carboxylic acids is 1. The summed E-state index contributed by atoms with van der Waals surface area (Å²) in [6.45, 7) is 8.37. The molecule has 0 aromatic rings. The number of allylic oxidation sites excluding steroid dienone is 1. The van der Waals surface area contributed by atoms with E-state index >= 15 is 0 Å². The fourth-order valence-electron chi connectivity index (χ4n) is 6.12. The molecule has 0 unspecified atom stereocenters. The zero-order chi connectivity index (χ0) is 18.6. The van der Waals surface area contributed by atoms with Crippen molar-refractivity contribution < 1.29 is 19.4 Å². The Bertz CT molecular complexity index is 621. The molecule has 25 heavy (non-hydrogen) atoms. The molecule has 0 aromatic heterocycles. The molecule has 1 N–H and O–H groups in total. The lowest BCUT2D eigenvalue weighted by Crippen LogP contribution is -2.57. The lowest BCUT2D eigenvalue weighted by molar-refractivity contribution is -0.166. The standard InChI is InChI=1S/C21H32O4/c1-13(2)21(25-5)10-7-15-14(12-21)16(22)11-17-19(15,3)8-6-9-20(17,4)18(23)24/h12-13,15,17H,6-11H2,1-5H3,(H,23,24)/t15-,17+,19+,20+,21+/m0/s1. The van der Waals surface area contributed by atoms with Gasteiger partial charge in [-0.05, 0) is 67.4 Å². The van der Waals surface area contributed by atoms with Crippen LogP contribution in [-0.4, -0.2) is 29.6 Å². The molecular weight excluding hydrogens is 316 g/mol. The summed E-state index contributed by atoms with van der Waals surface area (Å²) in [6, 6.07) is 0. The lowest BCUT2D eigenvalue weighted by atomic mass is 9.45. The molecular formula is C21H32O4. The molecule has 0 heterocycles. The Hall–Kier alpha value is -1.16. The van der Waals surface area contributed by atoms with Crippen LogP contribution >= 0.6 is 0 Å². The number of methoxy groups -OCH3 is 1. The summed E-state index contributed by atoms with van der Waals surface area (Å²) in [6.07, 6.45) is 6.88. The van der Waals surface area contributed by atoms with Crippen molar-refractivity contribution >= 4 is 11.8 Å². The Labute approximate surface area is 151 Å². The average molecular weight is 348 g/mol. The van der Waals surface area contributed by atoms with Crippen molar-refractivity contribution in [3.63, 3.8) is 0 Å². The molecule has 3 aliphatic rings. The number of carbonyl (C=O) groups is 2. The number of fused-ring (bicyclic) bond motifs is 3. The van der Waals surface area contributed by atoms with E-state index in [-0.39, 0.29) is 28.6 Å². The van der Waals surface area contributed by atoms with Crippen molar-refractivity contribution in [2.24, 2.45) is 28.6 Å². The monoisotopic (exact) mass is 348 g/mol. The minimum absolute atomic E-state index is 0.0741. The van der Waals surface area contributed by atoms with Crippen LogP contribution in [0.25, 0.3) is 0 Å². The van der Waals surface area contributed by atoms with Crippen LogP contribution in [-0.2, 0) is 14.3 Å². The predicted octanol–water partition coefficient (Wildman–Crippen LogP) is 4.23. The van der Waals surface area contributed by atoms with Gasteiger partial charge in [-0.25, -0.2) is 0 Å². The average Bonchev–Trinajstić information content (AvgIpc) is 2.56. The molecule has 3 rings (SSSR count). The van der Waals surface area contributed by atoms with E-state index in [0.29, 0.717) is 18.8 Å². The number of ketones is 1. The van der Waals surface area contributed by atoms with Crippen LogP contribution < -0.4 is 0 Å². The van der Waals surface area contributed by atoms with Crippen molar-refractivity contribution in [1.82, 2.24) is 0 Å². The fraction of sp³-hybridized carbons (Fsp3) is 0.810. The van der Waals surface area contributed by atoms with Gasteiger partial charge >= 0.3 is 5.97 Å². The third kappa shape index (κ3) is 2.51. The highest BCUT2D eigenvalue weighted by Crippen LogP contribution is 2.63. The minimum atomic E-state index is -0.790. The van der Waals surface area contributed by atoms with Crippen LogP contribution in [0.4, 0.5) is 0 Å². The Kier molecular flexibility index (Phi) is 4.42. The molecule has 0 amide bonds. The molecule has 0 radical (unpaired) electrons. The third-order valence-electron chi connectivity index (χ3n) is 7.93. The van der Waals surface area contributed by atoms with Crippen LogP contribution in [0.2, 0.25) is 0 Å². The maximum Gasteiger partial charge on any atom is 0.309 e. The number of hydrogen-bond donors (Lipinski definition) is 1. The zero-order valence-corrected chi connectivity index (χ0v) is 16.2. The molecule has 0 aromatic carbocycles. The smallest absolute Gasteiger partial charge is 0.309 e. The van der Waals surface area contributed by atoms with Gasteiger partial charge in [0.25, 0.3) is 0 Å². The number of rotatable bonds is 3. The summed E-state index contributed by atoms with van der Waals surface area (Å²) in [4.78, 5) is 25.1. The van der Waals surface area contributed by atoms with E-state index in [2.05, 4.69) is 26.8 Å². The second kappa shape index (κ2) is 5.94. The second-order valence-corrected chi connectivity index (χ2v) is 9.27. The normalized spacial score (nSPS) is 44.1. The SMILES string of the molecule is CO[C@@]1(C(C)C)C=C2C(=O)C[C@@H]3[C@](C)(CCC[C@@]3(C)C(=O)O)[C@H]2CC1. The highest BCUT2D eigenvalue weighted by Gasteiger charge is 2.60. The number of ether oxygens (including phenoxy) is 1. The molecule has 3 aliphatic carbocycles. The van der Waals surface area contributed by atoms with Crippen molar-refractivity contribution in [2.45, 2.75) is 71.8 Å². The largest absolute Gasteiger partial charge is 0.481 e. The van der Waals surface area contributed by atoms with E-state index in [4.69, 9.17) is 4.74 Å². The molecule has 4 heteroatoms. The van der Waals surface area contributed by atoms with E-state index in [1.165, 1.54) is 0 Å². The molecule has 5 atom stereocenters. The number of hydrogen-bond acceptors (Lipinski definition) is 3. The van der Waals surface area contributed by atoms with E-state index in [1.54, 1.807) is 7.11 Å².